The van der Waals surface area contributed by atoms with Crippen LogP contribution in [0.2, 0.25) is 0 Å². The summed E-state index contributed by atoms with van der Waals surface area (Å²) in [5.74, 6) is 0.829. The molecular weight excluding hydrogens is 396 g/mol. The average molecular weight is 426 g/mol. The zero-order valence-electron chi connectivity index (χ0n) is 18.6. The third-order valence-corrected chi connectivity index (χ3v) is 5.35. The van der Waals surface area contributed by atoms with Crippen LogP contribution in [0, 0.1) is 18.3 Å². The molecule has 0 bridgehead atoms. The summed E-state index contributed by atoms with van der Waals surface area (Å²) in [4.78, 5) is 14.8. The predicted octanol–water partition coefficient (Wildman–Crippen LogP) is 0.927. The largest absolute Gasteiger partial charge is 0.493 e. The first-order valence-electron chi connectivity index (χ1n) is 10.2. The van der Waals surface area contributed by atoms with Crippen molar-refractivity contribution in [3.05, 3.63) is 62.9 Å². The molecule has 1 aliphatic heterocycles. The van der Waals surface area contributed by atoms with Crippen molar-refractivity contribution >= 4 is 0 Å². The van der Waals surface area contributed by atoms with Gasteiger partial charge in [0.25, 0.3) is 5.56 Å². The summed E-state index contributed by atoms with van der Waals surface area (Å²) in [5.41, 5.74) is 7.98. The van der Waals surface area contributed by atoms with Gasteiger partial charge in [0, 0.05) is 11.8 Å². The lowest BCUT2D eigenvalue weighted by Gasteiger charge is -2.27. The molecule has 2 heterocycles. The maximum Gasteiger partial charge on any atom is 0.258 e. The first-order chi connectivity index (χ1) is 14.8. The molecule has 0 saturated heterocycles. The van der Waals surface area contributed by atoms with Gasteiger partial charge in [-0.15, -0.1) is 0 Å². The SMILES string of the molecule is CCOc1ccc([C@@H]2C(C#N)=C(N)Oc3cc(C)n(CC[NH+](C)C)c(=O)c32)cc1OC. The average Bonchev–Trinajstić information content (AvgIpc) is 2.73. The van der Waals surface area contributed by atoms with Crippen molar-refractivity contribution in [3.8, 4) is 23.3 Å². The molecule has 0 unspecified atom stereocenters. The quantitative estimate of drug-likeness (QED) is 0.684. The highest BCUT2D eigenvalue weighted by molar-refractivity contribution is 5.57. The van der Waals surface area contributed by atoms with Crippen LogP contribution in [0.3, 0.4) is 0 Å². The molecule has 164 valence electrons. The number of benzene rings is 1. The number of aryl methyl sites for hydroxylation is 1. The second-order valence-corrected chi connectivity index (χ2v) is 7.75. The van der Waals surface area contributed by atoms with E-state index in [0.717, 1.165) is 12.2 Å². The van der Waals surface area contributed by atoms with Gasteiger partial charge in [-0.05, 0) is 31.5 Å². The molecule has 1 aromatic heterocycles. The number of allylic oxidation sites excluding steroid dienone is 1. The van der Waals surface area contributed by atoms with E-state index >= 15 is 0 Å². The van der Waals surface area contributed by atoms with E-state index in [0.29, 0.717) is 41.5 Å². The van der Waals surface area contributed by atoms with E-state index < -0.39 is 5.92 Å². The standard InChI is InChI=1S/C23H28N4O4/c1-6-30-17-8-7-15(12-18(17)29-5)20-16(13-24)22(25)31-19-11-14(2)27(10-9-26(3)4)23(28)21(19)20/h7-8,11-12,20H,6,9-10,25H2,1-5H3/p+1/t20-/m1/s1. The molecule has 1 atom stereocenters. The van der Waals surface area contributed by atoms with Crippen molar-refractivity contribution in [3.63, 3.8) is 0 Å². The Hall–Kier alpha value is -3.44. The Bertz CT molecular complexity index is 1110. The number of fused-ring (bicyclic) bond motifs is 1. The number of nitrogens with two attached hydrogens (primary N) is 1. The normalized spacial score (nSPS) is 15.3. The molecule has 3 N–H and O–H groups in total. The van der Waals surface area contributed by atoms with Gasteiger partial charge in [-0.25, -0.2) is 0 Å². The molecule has 8 heteroatoms. The molecule has 0 amide bonds. The van der Waals surface area contributed by atoms with Gasteiger partial charge < -0.3 is 29.4 Å². The highest BCUT2D eigenvalue weighted by Crippen LogP contribution is 2.42. The van der Waals surface area contributed by atoms with Gasteiger partial charge in [0.15, 0.2) is 11.5 Å². The summed E-state index contributed by atoms with van der Waals surface area (Å²) in [7, 11) is 5.62. The summed E-state index contributed by atoms with van der Waals surface area (Å²) in [6, 6.07) is 9.33. The highest BCUT2D eigenvalue weighted by atomic mass is 16.5. The van der Waals surface area contributed by atoms with Crippen LogP contribution in [0.15, 0.2) is 40.5 Å². The minimum Gasteiger partial charge on any atom is -0.493 e. The van der Waals surface area contributed by atoms with E-state index in [1.165, 1.54) is 4.90 Å². The van der Waals surface area contributed by atoms with Crippen LogP contribution < -0.4 is 30.4 Å². The number of ether oxygens (including phenoxy) is 3. The first kappa shape index (κ1) is 22.2. The summed E-state index contributed by atoms with van der Waals surface area (Å²) in [5, 5.41) is 9.84. The Labute approximate surface area is 182 Å². The fraction of sp³-hybridized carbons (Fsp3) is 0.391. The van der Waals surface area contributed by atoms with E-state index in [1.54, 1.807) is 23.8 Å². The maximum atomic E-state index is 13.6. The van der Waals surface area contributed by atoms with E-state index in [2.05, 4.69) is 6.07 Å². The highest BCUT2D eigenvalue weighted by Gasteiger charge is 2.35. The predicted molar refractivity (Wildman–Crippen MR) is 117 cm³/mol. The van der Waals surface area contributed by atoms with E-state index in [-0.39, 0.29) is 17.0 Å². The number of pyridine rings is 1. The molecule has 0 saturated carbocycles. The van der Waals surface area contributed by atoms with Gasteiger partial charge in [-0.2, -0.15) is 5.26 Å². The third-order valence-electron chi connectivity index (χ3n) is 5.35. The van der Waals surface area contributed by atoms with Crippen molar-refractivity contribution in [1.29, 1.82) is 5.26 Å². The molecule has 1 aliphatic rings. The lowest BCUT2D eigenvalue weighted by Crippen LogP contribution is -3.06. The van der Waals surface area contributed by atoms with Crippen molar-refractivity contribution in [1.82, 2.24) is 4.57 Å². The van der Waals surface area contributed by atoms with Crippen molar-refractivity contribution in [2.45, 2.75) is 26.3 Å². The number of nitrogens with zero attached hydrogens (tertiary/aromatic N) is 2. The fourth-order valence-corrected chi connectivity index (χ4v) is 3.77. The minimum absolute atomic E-state index is 0.00198. The van der Waals surface area contributed by atoms with Crippen LogP contribution in [-0.4, -0.2) is 38.9 Å². The van der Waals surface area contributed by atoms with Gasteiger partial charge in [0.2, 0.25) is 5.88 Å². The Balaban J connectivity index is 2.22. The number of nitrogens with one attached hydrogen (secondary N) is 1. The Morgan fingerprint density at radius 3 is 2.65 bits per heavy atom. The summed E-state index contributed by atoms with van der Waals surface area (Å²) in [6.45, 7) is 5.58. The number of rotatable bonds is 7. The number of quaternary nitrogens is 1. The van der Waals surface area contributed by atoms with Gasteiger partial charge in [-0.1, -0.05) is 6.07 Å². The first-order valence-corrected chi connectivity index (χ1v) is 10.2. The number of likely N-dealkylation sites (N-methyl/N-ethyl adjacent to an activating group) is 1. The number of aromatic nitrogens is 1. The minimum atomic E-state index is -0.663. The second kappa shape index (κ2) is 9.14. The van der Waals surface area contributed by atoms with E-state index in [9.17, 15) is 10.1 Å². The van der Waals surface area contributed by atoms with Crippen LogP contribution in [0.5, 0.6) is 17.2 Å². The number of nitriles is 1. The summed E-state index contributed by atoms with van der Waals surface area (Å²) in [6.07, 6.45) is 0. The molecule has 0 fully saturated rings. The molecule has 2 aromatic rings. The summed E-state index contributed by atoms with van der Waals surface area (Å²) >= 11 is 0. The summed E-state index contributed by atoms with van der Waals surface area (Å²) < 4.78 is 18.5. The van der Waals surface area contributed by atoms with Crippen molar-refractivity contribution in [2.75, 3.05) is 34.4 Å². The molecule has 3 rings (SSSR count). The van der Waals surface area contributed by atoms with Crippen LogP contribution in [0.4, 0.5) is 0 Å². The Kier molecular flexibility index (Phi) is 6.56. The van der Waals surface area contributed by atoms with Crippen LogP contribution in [0.1, 0.15) is 29.7 Å². The number of methoxy groups -OCH3 is 1. The topological polar surface area (TPSA) is 104 Å². The zero-order valence-corrected chi connectivity index (χ0v) is 18.6. The lowest BCUT2D eigenvalue weighted by atomic mass is 9.84. The fourth-order valence-electron chi connectivity index (χ4n) is 3.77. The molecule has 0 spiro atoms. The number of hydrogen-bond donors (Lipinski definition) is 2. The van der Waals surface area contributed by atoms with Gasteiger partial charge in [-0.3, -0.25) is 4.79 Å². The monoisotopic (exact) mass is 425 g/mol. The third kappa shape index (κ3) is 4.23. The molecule has 8 nitrogen and oxygen atoms in total. The zero-order chi connectivity index (χ0) is 22.7. The molecular formula is C23H29N4O4+. The van der Waals surface area contributed by atoms with Crippen LogP contribution in [-0.2, 0) is 6.54 Å². The Morgan fingerprint density at radius 1 is 1.29 bits per heavy atom. The molecule has 0 aliphatic carbocycles. The molecule has 1 aromatic carbocycles. The van der Waals surface area contributed by atoms with Gasteiger partial charge >= 0.3 is 0 Å². The van der Waals surface area contributed by atoms with Gasteiger partial charge in [0.05, 0.1) is 52.4 Å². The van der Waals surface area contributed by atoms with E-state index in [4.69, 9.17) is 19.9 Å². The smallest absolute Gasteiger partial charge is 0.258 e. The van der Waals surface area contributed by atoms with E-state index in [1.807, 2.05) is 40.1 Å². The van der Waals surface area contributed by atoms with Crippen molar-refractivity contribution in [2.24, 2.45) is 5.73 Å². The molecule has 31 heavy (non-hydrogen) atoms. The van der Waals surface area contributed by atoms with Crippen LogP contribution >= 0.6 is 0 Å². The lowest BCUT2D eigenvalue weighted by molar-refractivity contribution is -0.858. The number of hydrogen-bond acceptors (Lipinski definition) is 6. The second-order valence-electron chi connectivity index (χ2n) is 7.75. The van der Waals surface area contributed by atoms with Crippen molar-refractivity contribution < 1.29 is 19.1 Å². The van der Waals surface area contributed by atoms with Gasteiger partial charge in [0.1, 0.15) is 17.4 Å². The maximum absolute atomic E-state index is 13.6. The molecule has 0 radical (unpaired) electrons. The Morgan fingerprint density at radius 2 is 2.03 bits per heavy atom. The van der Waals surface area contributed by atoms with Crippen LogP contribution in [0.25, 0.3) is 0 Å².